The molecule has 0 aliphatic heterocycles. The van der Waals surface area contributed by atoms with Crippen LogP contribution in [0.3, 0.4) is 0 Å². The van der Waals surface area contributed by atoms with Crippen LogP contribution in [0.2, 0.25) is 0 Å². The van der Waals surface area contributed by atoms with E-state index in [9.17, 15) is 9.59 Å². The summed E-state index contributed by atoms with van der Waals surface area (Å²) in [6, 6.07) is 12.7. The first-order chi connectivity index (χ1) is 11.7. The molecule has 0 bridgehead atoms. The summed E-state index contributed by atoms with van der Waals surface area (Å²) in [7, 11) is 0. The highest BCUT2D eigenvalue weighted by Crippen LogP contribution is 2.19. The summed E-state index contributed by atoms with van der Waals surface area (Å²) in [5.41, 5.74) is 1.39. The Morgan fingerprint density at radius 3 is 2.28 bits per heavy atom. The number of nitrogens with zero attached hydrogens (tertiary/aromatic N) is 1. The number of alkyl carbamates (subject to hydrolysis) is 1. The molecule has 1 unspecified atom stereocenters. The molecule has 1 aromatic heterocycles. The molecule has 1 aromatic carbocycles. The largest absolute Gasteiger partial charge is 0.444 e. The maximum Gasteiger partial charge on any atom is 0.408 e. The second kappa shape index (κ2) is 7.79. The number of anilines is 1. The molecule has 0 saturated heterocycles. The van der Waals surface area contributed by atoms with Crippen LogP contribution in [0.1, 0.15) is 27.7 Å². The van der Waals surface area contributed by atoms with Crippen molar-refractivity contribution in [3.8, 4) is 11.1 Å². The Hall–Kier alpha value is -2.89. The van der Waals surface area contributed by atoms with Crippen LogP contribution >= 0.6 is 0 Å². The van der Waals surface area contributed by atoms with E-state index >= 15 is 0 Å². The Balaban J connectivity index is 1.93. The third-order valence-electron chi connectivity index (χ3n) is 3.25. The van der Waals surface area contributed by atoms with E-state index in [2.05, 4.69) is 15.6 Å². The third-order valence-corrected chi connectivity index (χ3v) is 3.25. The van der Waals surface area contributed by atoms with Crippen molar-refractivity contribution in [2.24, 2.45) is 0 Å². The zero-order chi connectivity index (χ0) is 18.4. The van der Waals surface area contributed by atoms with Crippen molar-refractivity contribution >= 4 is 17.8 Å². The zero-order valence-electron chi connectivity index (χ0n) is 14.9. The fraction of sp³-hybridized carbons (Fsp3) is 0.316. The maximum atomic E-state index is 12.1. The molecule has 2 rings (SSSR count). The van der Waals surface area contributed by atoms with Crippen molar-refractivity contribution in [3.63, 3.8) is 0 Å². The smallest absolute Gasteiger partial charge is 0.408 e. The van der Waals surface area contributed by atoms with Gasteiger partial charge in [-0.3, -0.25) is 4.79 Å². The van der Waals surface area contributed by atoms with E-state index < -0.39 is 17.7 Å². The van der Waals surface area contributed by atoms with E-state index in [1.54, 1.807) is 40.0 Å². The van der Waals surface area contributed by atoms with E-state index in [1.165, 1.54) is 0 Å². The van der Waals surface area contributed by atoms with Crippen LogP contribution < -0.4 is 10.6 Å². The molecule has 2 N–H and O–H groups in total. The van der Waals surface area contributed by atoms with E-state index in [1.807, 2.05) is 36.4 Å². The number of rotatable bonds is 4. The summed E-state index contributed by atoms with van der Waals surface area (Å²) in [6.45, 7) is 6.86. The Bertz CT molecular complexity index is 722. The second-order valence-electron chi connectivity index (χ2n) is 6.66. The summed E-state index contributed by atoms with van der Waals surface area (Å²) >= 11 is 0. The van der Waals surface area contributed by atoms with E-state index in [-0.39, 0.29) is 5.91 Å². The standard InChI is InChI=1S/C19H23N3O3/c1-13(21-18(24)25-19(2,3)4)17(23)22-16-11-10-15(12-20-16)14-8-6-5-7-9-14/h5-13H,1-4H3,(H,21,24)(H,20,22,23). The first kappa shape index (κ1) is 18.4. The Morgan fingerprint density at radius 2 is 1.72 bits per heavy atom. The van der Waals surface area contributed by atoms with Crippen LogP contribution in [0.15, 0.2) is 48.7 Å². The molecule has 0 saturated carbocycles. The van der Waals surface area contributed by atoms with E-state index in [0.717, 1.165) is 11.1 Å². The molecule has 25 heavy (non-hydrogen) atoms. The van der Waals surface area contributed by atoms with Gasteiger partial charge in [-0.1, -0.05) is 30.3 Å². The van der Waals surface area contributed by atoms with Gasteiger partial charge in [0.15, 0.2) is 0 Å². The summed E-state index contributed by atoms with van der Waals surface area (Å²) in [5, 5.41) is 5.16. The average Bonchev–Trinajstić information content (AvgIpc) is 2.54. The van der Waals surface area contributed by atoms with Gasteiger partial charge in [-0.15, -0.1) is 0 Å². The number of benzene rings is 1. The number of ether oxygens (including phenoxy) is 1. The highest BCUT2D eigenvalue weighted by Gasteiger charge is 2.21. The number of carbonyl (C=O) groups excluding carboxylic acids is 2. The summed E-state index contributed by atoms with van der Waals surface area (Å²) < 4.78 is 5.13. The quantitative estimate of drug-likeness (QED) is 0.890. The lowest BCUT2D eigenvalue weighted by molar-refractivity contribution is -0.117. The van der Waals surface area contributed by atoms with Gasteiger partial charge in [0.1, 0.15) is 17.5 Å². The maximum absolute atomic E-state index is 12.1. The van der Waals surface area contributed by atoms with Crippen LogP contribution in [0.5, 0.6) is 0 Å². The van der Waals surface area contributed by atoms with Gasteiger partial charge in [-0.25, -0.2) is 9.78 Å². The molecule has 0 aliphatic rings. The summed E-state index contributed by atoms with van der Waals surface area (Å²) in [5.74, 6) is 0.0494. The third kappa shape index (κ3) is 5.91. The van der Waals surface area contributed by atoms with E-state index in [0.29, 0.717) is 5.82 Å². The average molecular weight is 341 g/mol. The molecule has 2 amide bonds. The van der Waals surface area contributed by atoms with Crippen LogP contribution in [0.4, 0.5) is 10.6 Å². The molecule has 2 aromatic rings. The zero-order valence-corrected chi connectivity index (χ0v) is 14.9. The lowest BCUT2D eigenvalue weighted by atomic mass is 10.1. The topological polar surface area (TPSA) is 80.3 Å². The Morgan fingerprint density at radius 1 is 1.04 bits per heavy atom. The minimum Gasteiger partial charge on any atom is -0.444 e. The summed E-state index contributed by atoms with van der Waals surface area (Å²) in [4.78, 5) is 28.1. The summed E-state index contributed by atoms with van der Waals surface area (Å²) in [6.07, 6.45) is 1.05. The molecule has 0 fully saturated rings. The van der Waals surface area contributed by atoms with Crippen LogP contribution in [0, 0.1) is 0 Å². The normalized spacial score (nSPS) is 12.2. The van der Waals surface area contributed by atoms with E-state index in [4.69, 9.17) is 4.74 Å². The first-order valence-electron chi connectivity index (χ1n) is 8.06. The lowest BCUT2D eigenvalue weighted by Crippen LogP contribution is -2.44. The van der Waals surface area contributed by atoms with Crippen molar-refractivity contribution in [2.75, 3.05) is 5.32 Å². The monoisotopic (exact) mass is 341 g/mol. The number of pyridine rings is 1. The molecule has 1 atom stereocenters. The number of hydrogen-bond donors (Lipinski definition) is 2. The molecular weight excluding hydrogens is 318 g/mol. The number of carbonyl (C=O) groups is 2. The Labute approximate surface area is 147 Å². The van der Waals surface area contributed by atoms with Gasteiger partial charge in [0.2, 0.25) is 5.91 Å². The van der Waals surface area contributed by atoms with Crippen molar-refractivity contribution in [2.45, 2.75) is 39.3 Å². The van der Waals surface area contributed by atoms with Gasteiger partial charge in [0, 0.05) is 11.8 Å². The molecule has 6 heteroatoms. The highest BCUT2D eigenvalue weighted by atomic mass is 16.6. The first-order valence-corrected chi connectivity index (χ1v) is 8.06. The molecule has 0 radical (unpaired) electrons. The number of aromatic nitrogens is 1. The fourth-order valence-corrected chi connectivity index (χ4v) is 2.05. The van der Waals surface area contributed by atoms with Crippen molar-refractivity contribution in [1.29, 1.82) is 0 Å². The molecule has 6 nitrogen and oxygen atoms in total. The van der Waals surface area contributed by atoms with Gasteiger partial charge < -0.3 is 15.4 Å². The highest BCUT2D eigenvalue weighted by molar-refractivity contribution is 5.95. The number of hydrogen-bond acceptors (Lipinski definition) is 4. The van der Waals surface area contributed by atoms with Crippen molar-refractivity contribution in [1.82, 2.24) is 10.3 Å². The predicted octanol–water partition coefficient (Wildman–Crippen LogP) is 3.60. The minimum absolute atomic E-state index is 0.370. The minimum atomic E-state index is -0.745. The van der Waals surface area contributed by atoms with Gasteiger partial charge >= 0.3 is 6.09 Å². The molecule has 0 aliphatic carbocycles. The SMILES string of the molecule is CC(NC(=O)OC(C)(C)C)C(=O)Nc1ccc(-c2ccccc2)cn1. The number of amides is 2. The van der Waals surface area contributed by atoms with Gasteiger partial charge in [-0.05, 0) is 45.4 Å². The predicted molar refractivity (Wildman–Crippen MR) is 97.1 cm³/mol. The molecule has 1 heterocycles. The number of nitrogens with one attached hydrogen (secondary N) is 2. The van der Waals surface area contributed by atoms with Crippen LogP contribution in [0.25, 0.3) is 11.1 Å². The van der Waals surface area contributed by atoms with Crippen molar-refractivity contribution < 1.29 is 14.3 Å². The van der Waals surface area contributed by atoms with Crippen LogP contribution in [-0.2, 0) is 9.53 Å². The van der Waals surface area contributed by atoms with Gasteiger partial charge in [-0.2, -0.15) is 0 Å². The molecule has 132 valence electrons. The van der Waals surface area contributed by atoms with Crippen LogP contribution in [-0.4, -0.2) is 28.6 Å². The second-order valence-corrected chi connectivity index (χ2v) is 6.66. The van der Waals surface area contributed by atoms with Gasteiger partial charge in [0.25, 0.3) is 0 Å². The Kier molecular flexibility index (Phi) is 5.75. The van der Waals surface area contributed by atoms with Crippen molar-refractivity contribution in [3.05, 3.63) is 48.7 Å². The van der Waals surface area contributed by atoms with Gasteiger partial charge in [0.05, 0.1) is 0 Å². The lowest BCUT2D eigenvalue weighted by Gasteiger charge is -2.21. The molecular formula is C19H23N3O3. The molecule has 0 spiro atoms. The fourth-order valence-electron chi connectivity index (χ4n) is 2.05.